The molecule has 0 saturated heterocycles. The highest BCUT2D eigenvalue weighted by Gasteiger charge is 2.27. The molecule has 2 amide bonds. The van der Waals surface area contributed by atoms with Crippen molar-refractivity contribution in [1.82, 2.24) is 10.2 Å². The van der Waals surface area contributed by atoms with Crippen LogP contribution in [-0.2, 0) is 26.2 Å². The molecule has 0 fully saturated rings. The molecule has 1 aliphatic heterocycles. The number of ether oxygens (including phenoxy) is 2. The first-order valence-corrected chi connectivity index (χ1v) is 14.4. The van der Waals surface area contributed by atoms with Gasteiger partial charge in [-0.05, 0) is 49.1 Å². The van der Waals surface area contributed by atoms with Crippen LogP contribution in [-0.4, -0.2) is 57.3 Å². The highest BCUT2D eigenvalue weighted by atomic mass is 35.5. The van der Waals surface area contributed by atoms with Crippen LogP contribution in [0.25, 0.3) is 0 Å². The number of carbonyl (C=O) groups excluding carboxylic acids is 2. The fraction of sp³-hybridized carbons (Fsp3) is 0.462. The minimum Gasteiger partial charge on any atom is -0.454 e. The molecule has 0 spiro atoms. The molecular formula is C26H34ClN3O6S. The van der Waals surface area contributed by atoms with Crippen molar-refractivity contribution in [2.24, 2.45) is 5.92 Å². The van der Waals surface area contributed by atoms with Gasteiger partial charge < -0.3 is 19.7 Å². The van der Waals surface area contributed by atoms with Crippen molar-refractivity contribution in [3.8, 4) is 11.5 Å². The van der Waals surface area contributed by atoms with E-state index >= 15 is 0 Å². The number of amides is 2. The molecular weight excluding hydrogens is 518 g/mol. The van der Waals surface area contributed by atoms with Crippen LogP contribution in [0.5, 0.6) is 11.5 Å². The Morgan fingerprint density at radius 3 is 2.38 bits per heavy atom. The van der Waals surface area contributed by atoms with Crippen LogP contribution < -0.4 is 19.1 Å². The van der Waals surface area contributed by atoms with Crippen molar-refractivity contribution >= 4 is 39.1 Å². The lowest BCUT2D eigenvalue weighted by Gasteiger charge is -2.29. The summed E-state index contributed by atoms with van der Waals surface area (Å²) in [5.41, 5.74) is 1.26. The fourth-order valence-electron chi connectivity index (χ4n) is 3.87. The molecule has 1 heterocycles. The van der Waals surface area contributed by atoms with Crippen LogP contribution in [0.4, 0.5) is 5.69 Å². The largest absolute Gasteiger partial charge is 0.454 e. The summed E-state index contributed by atoms with van der Waals surface area (Å²) in [6.07, 6.45) is 1.44. The van der Waals surface area contributed by atoms with Gasteiger partial charge in [0.15, 0.2) is 11.5 Å². The third-order valence-electron chi connectivity index (χ3n) is 5.91. The molecule has 0 unspecified atom stereocenters. The Hall–Kier alpha value is -2.98. The Kier molecular flexibility index (Phi) is 9.67. The van der Waals surface area contributed by atoms with Crippen LogP contribution in [0, 0.1) is 5.92 Å². The van der Waals surface area contributed by atoms with Gasteiger partial charge in [0.2, 0.25) is 28.6 Å². The van der Waals surface area contributed by atoms with E-state index in [9.17, 15) is 18.0 Å². The zero-order valence-electron chi connectivity index (χ0n) is 21.6. The summed E-state index contributed by atoms with van der Waals surface area (Å²) in [6, 6.07) is 11.3. The maximum absolute atomic E-state index is 13.3. The second-order valence-corrected chi connectivity index (χ2v) is 11.8. The number of nitrogens with one attached hydrogen (secondary N) is 1. The van der Waals surface area contributed by atoms with Gasteiger partial charge in [0.05, 0.1) is 11.9 Å². The lowest BCUT2D eigenvalue weighted by molar-refractivity contribution is -0.140. The molecule has 1 N–H and O–H groups in total. The first-order valence-electron chi connectivity index (χ1n) is 12.1. The maximum atomic E-state index is 13.3. The molecule has 3 rings (SSSR count). The molecule has 2 aromatic rings. The van der Waals surface area contributed by atoms with Crippen LogP contribution in [0.1, 0.15) is 39.2 Å². The van der Waals surface area contributed by atoms with E-state index in [2.05, 4.69) is 5.32 Å². The highest BCUT2D eigenvalue weighted by molar-refractivity contribution is 7.92. The molecule has 0 saturated carbocycles. The normalized spacial score (nSPS) is 13.4. The van der Waals surface area contributed by atoms with E-state index in [4.69, 9.17) is 21.1 Å². The first-order chi connectivity index (χ1) is 17.5. The number of nitrogens with zero attached hydrogens (tertiary/aromatic N) is 2. The maximum Gasteiger partial charge on any atom is 0.242 e. The number of anilines is 1. The predicted molar refractivity (Wildman–Crippen MR) is 143 cm³/mol. The molecule has 0 bridgehead atoms. The lowest BCUT2D eigenvalue weighted by atomic mass is 10.1. The Bertz CT molecular complexity index is 1200. The zero-order chi connectivity index (χ0) is 27.2. The van der Waals surface area contributed by atoms with E-state index < -0.39 is 16.1 Å². The smallest absolute Gasteiger partial charge is 0.242 e. The van der Waals surface area contributed by atoms with E-state index in [-0.39, 0.29) is 50.5 Å². The Balaban J connectivity index is 1.71. The van der Waals surface area contributed by atoms with Crippen LogP contribution in [0.3, 0.4) is 0 Å². The predicted octanol–water partition coefficient (Wildman–Crippen LogP) is 3.80. The van der Waals surface area contributed by atoms with E-state index in [1.165, 1.54) is 9.21 Å². The summed E-state index contributed by atoms with van der Waals surface area (Å²) >= 11 is 6.00. The summed E-state index contributed by atoms with van der Waals surface area (Å²) in [6.45, 7) is 6.59. The molecule has 9 nitrogen and oxygen atoms in total. The van der Waals surface area contributed by atoms with E-state index in [1.54, 1.807) is 37.3 Å². The molecule has 1 aliphatic rings. The van der Waals surface area contributed by atoms with Crippen LogP contribution in [0.15, 0.2) is 42.5 Å². The SMILES string of the molecule is CC(C)CNC(=O)[C@H](C)N(Cc1ccc(Cl)cc1)C(=O)CCCN(c1ccc2c(c1)OCO2)S(C)(=O)=O. The number of sulfonamides is 1. The molecule has 2 aromatic carbocycles. The van der Waals surface area contributed by atoms with E-state index in [0.717, 1.165) is 11.8 Å². The molecule has 202 valence electrons. The van der Waals surface area contributed by atoms with Gasteiger partial charge in [0.25, 0.3) is 0 Å². The van der Waals surface area contributed by atoms with Crippen molar-refractivity contribution < 1.29 is 27.5 Å². The second-order valence-electron chi connectivity index (χ2n) is 9.44. The third-order valence-corrected chi connectivity index (χ3v) is 7.36. The number of halogens is 1. The van der Waals surface area contributed by atoms with Gasteiger partial charge in [0.1, 0.15) is 6.04 Å². The average Bonchev–Trinajstić information content (AvgIpc) is 3.31. The van der Waals surface area contributed by atoms with Crippen molar-refractivity contribution in [3.63, 3.8) is 0 Å². The van der Waals surface area contributed by atoms with Gasteiger partial charge >= 0.3 is 0 Å². The summed E-state index contributed by atoms with van der Waals surface area (Å²) in [5.74, 6) is 0.803. The summed E-state index contributed by atoms with van der Waals surface area (Å²) in [4.78, 5) is 27.6. The van der Waals surface area contributed by atoms with Crippen molar-refractivity contribution in [3.05, 3.63) is 53.1 Å². The Labute approximate surface area is 223 Å². The summed E-state index contributed by atoms with van der Waals surface area (Å²) < 4.78 is 37.0. The number of carbonyl (C=O) groups is 2. The summed E-state index contributed by atoms with van der Waals surface area (Å²) in [5, 5.41) is 3.46. The number of benzene rings is 2. The third kappa shape index (κ3) is 8.00. The molecule has 0 aliphatic carbocycles. The van der Waals surface area contributed by atoms with Gasteiger partial charge in [-0.25, -0.2) is 8.42 Å². The topological polar surface area (TPSA) is 105 Å². The number of hydrogen-bond donors (Lipinski definition) is 1. The van der Waals surface area contributed by atoms with Crippen molar-refractivity contribution in [1.29, 1.82) is 0 Å². The standard InChI is InChI=1S/C26H34ClN3O6S/c1-18(2)15-28-26(32)19(3)29(16-20-7-9-21(27)10-8-20)25(31)6-5-13-30(37(4,33)34)22-11-12-23-24(14-22)36-17-35-23/h7-12,14,18-19H,5-6,13,15-17H2,1-4H3,(H,28,32)/t19-/m0/s1. The number of rotatable bonds is 12. The molecule has 11 heteroatoms. The number of hydrogen-bond acceptors (Lipinski definition) is 6. The van der Waals surface area contributed by atoms with Gasteiger partial charge in [-0.1, -0.05) is 37.6 Å². The lowest BCUT2D eigenvalue weighted by Crippen LogP contribution is -2.48. The van der Waals surface area contributed by atoms with Crippen molar-refractivity contribution in [2.45, 2.75) is 46.2 Å². The Morgan fingerprint density at radius 2 is 1.73 bits per heavy atom. The number of fused-ring (bicyclic) bond motifs is 1. The monoisotopic (exact) mass is 551 g/mol. The van der Waals surface area contributed by atoms with Crippen LogP contribution in [0.2, 0.25) is 5.02 Å². The van der Waals surface area contributed by atoms with E-state index in [0.29, 0.717) is 28.8 Å². The average molecular weight is 552 g/mol. The van der Waals surface area contributed by atoms with Gasteiger partial charge in [-0.3, -0.25) is 13.9 Å². The second kappa shape index (κ2) is 12.5. The first kappa shape index (κ1) is 28.6. The zero-order valence-corrected chi connectivity index (χ0v) is 23.1. The minimum absolute atomic E-state index is 0.0615. The van der Waals surface area contributed by atoms with Gasteiger partial charge in [-0.15, -0.1) is 0 Å². The molecule has 0 radical (unpaired) electrons. The Morgan fingerprint density at radius 1 is 1.05 bits per heavy atom. The van der Waals surface area contributed by atoms with Gasteiger partial charge in [0, 0.05) is 37.1 Å². The summed E-state index contributed by atoms with van der Waals surface area (Å²) in [7, 11) is -3.62. The van der Waals surface area contributed by atoms with Crippen LogP contribution >= 0.6 is 11.6 Å². The molecule has 37 heavy (non-hydrogen) atoms. The molecule has 0 aromatic heterocycles. The fourth-order valence-corrected chi connectivity index (χ4v) is 4.95. The van der Waals surface area contributed by atoms with Gasteiger partial charge in [-0.2, -0.15) is 0 Å². The van der Waals surface area contributed by atoms with E-state index in [1.807, 2.05) is 26.0 Å². The minimum atomic E-state index is -3.62. The quantitative estimate of drug-likeness (QED) is 0.430. The highest BCUT2D eigenvalue weighted by Crippen LogP contribution is 2.36. The van der Waals surface area contributed by atoms with Crippen molar-refractivity contribution in [2.75, 3.05) is 30.4 Å². The molecule has 1 atom stereocenters.